The van der Waals surface area contributed by atoms with Crippen molar-refractivity contribution < 1.29 is 22.0 Å². The molecule has 150 valence electrons. The first-order valence-corrected chi connectivity index (χ1v) is 10.7. The van der Waals surface area contributed by atoms with Crippen molar-refractivity contribution in [2.75, 3.05) is 17.8 Å². The van der Waals surface area contributed by atoms with Crippen molar-refractivity contribution >= 4 is 21.6 Å². The molecule has 0 radical (unpaired) electrons. The molecule has 1 N–H and O–H groups in total. The van der Waals surface area contributed by atoms with E-state index in [0.29, 0.717) is 11.6 Å². The Labute approximate surface area is 163 Å². The van der Waals surface area contributed by atoms with Crippen LogP contribution >= 0.6 is 0 Å². The van der Waals surface area contributed by atoms with Gasteiger partial charge in [-0.25, -0.2) is 17.2 Å². The average Bonchev–Trinajstić information content (AvgIpc) is 2.63. The Morgan fingerprint density at radius 2 is 1.46 bits per heavy atom. The van der Waals surface area contributed by atoms with Crippen LogP contribution in [-0.2, 0) is 10.0 Å². The van der Waals surface area contributed by atoms with Crippen LogP contribution in [-0.4, -0.2) is 32.3 Å². The quantitative estimate of drug-likeness (QED) is 0.826. The fourth-order valence-electron chi connectivity index (χ4n) is 3.17. The van der Waals surface area contributed by atoms with Crippen LogP contribution < -0.4 is 4.72 Å². The Balaban J connectivity index is 1.71. The van der Waals surface area contributed by atoms with Gasteiger partial charge in [-0.3, -0.25) is 9.52 Å². The molecule has 1 aliphatic heterocycles. The van der Waals surface area contributed by atoms with Gasteiger partial charge in [0.05, 0.1) is 4.90 Å². The van der Waals surface area contributed by atoms with Crippen LogP contribution in [0.5, 0.6) is 0 Å². The van der Waals surface area contributed by atoms with Crippen molar-refractivity contribution in [3.8, 4) is 0 Å². The predicted molar refractivity (Wildman–Crippen MR) is 103 cm³/mol. The van der Waals surface area contributed by atoms with E-state index in [-0.39, 0.29) is 16.5 Å². The molecule has 0 aromatic heterocycles. The molecule has 0 aliphatic carbocycles. The average molecular weight is 408 g/mol. The number of likely N-dealkylation sites (tertiary alicyclic amines) is 1. The predicted octanol–water partition coefficient (Wildman–Crippen LogP) is 4.17. The molecule has 0 unspecified atom stereocenters. The highest BCUT2D eigenvalue weighted by molar-refractivity contribution is 7.92. The van der Waals surface area contributed by atoms with Gasteiger partial charge in [-0.15, -0.1) is 0 Å². The summed E-state index contributed by atoms with van der Waals surface area (Å²) in [6, 6.07) is 8.45. The Morgan fingerprint density at radius 1 is 0.857 bits per heavy atom. The maximum atomic E-state index is 13.3. The van der Waals surface area contributed by atoms with E-state index < -0.39 is 21.7 Å². The minimum Gasteiger partial charge on any atom is -0.339 e. The van der Waals surface area contributed by atoms with Gasteiger partial charge >= 0.3 is 0 Å². The second-order valence-electron chi connectivity index (χ2n) is 6.82. The fourth-order valence-corrected chi connectivity index (χ4v) is 4.24. The van der Waals surface area contributed by atoms with Crippen molar-refractivity contribution in [1.82, 2.24) is 4.90 Å². The van der Waals surface area contributed by atoms with Crippen LogP contribution in [0.1, 0.15) is 42.5 Å². The molecular weight excluding hydrogens is 386 g/mol. The number of amides is 1. The van der Waals surface area contributed by atoms with Crippen molar-refractivity contribution in [1.29, 1.82) is 0 Å². The molecule has 0 atom stereocenters. The molecule has 2 aromatic rings. The van der Waals surface area contributed by atoms with E-state index in [1.165, 1.54) is 18.6 Å². The molecule has 3 rings (SSSR count). The molecule has 5 nitrogen and oxygen atoms in total. The minimum absolute atomic E-state index is 0.0723. The van der Waals surface area contributed by atoms with Crippen LogP contribution in [0.4, 0.5) is 14.5 Å². The molecule has 0 spiro atoms. The molecule has 8 heteroatoms. The molecule has 0 saturated carbocycles. The monoisotopic (exact) mass is 408 g/mol. The Morgan fingerprint density at radius 3 is 2.07 bits per heavy atom. The largest absolute Gasteiger partial charge is 0.339 e. The molecule has 0 bridgehead atoms. The van der Waals surface area contributed by atoms with E-state index in [0.717, 1.165) is 50.9 Å². The first-order chi connectivity index (χ1) is 13.4. The van der Waals surface area contributed by atoms with Gasteiger partial charge in [-0.2, -0.15) is 0 Å². The Hall–Kier alpha value is -2.48. The second-order valence-corrected chi connectivity index (χ2v) is 8.50. The normalized spacial score (nSPS) is 15.6. The first kappa shape index (κ1) is 20.3. The molecule has 1 aliphatic rings. The molecule has 1 amide bonds. The van der Waals surface area contributed by atoms with Gasteiger partial charge in [0.1, 0.15) is 0 Å². The van der Waals surface area contributed by atoms with Crippen LogP contribution in [0.15, 0.2) is 47.4 Å². The number of halogens is 2. The third-order valence-corrected chi connectivity index (χ3v) is 6.11. The summed E-state index contributed by atoms with van der Waals surface area (Å²) in [4.78, 5) is 14.1. The van der Waals surface area contributed by atoms with E-state index in [4.69, 9.17) is 0 Å². The van der Waals surface area contributed by atoms with Crippen LogP contribution in [0, 0.1) is 11.6 Å². The lowest BCUT2D eigenvalue weighted by Crippen LogP contribution is -2.33. The molecule has 1 saturated heterocycles. The number of rotatable bonds is 4. The lowest BCUT2D eigenvalue weighted by molar-refractivity contribution is 0.0742. The third kappa shape index (κ3) is 4.86. The number of benzene rings is 2. The van der Waals surface area contributed by atoms with Crippen LogP contribution in [0.2, 0.25) is 0 Å². The van der Waals surface area contributed by atoms with Gasteiger partial charge in [0.15, 0.2) is 11.6 Å². The zero-order chi connectivity index (χ0) is 20.1. The summed E-state index contributed by atoms with van der Waals surface area (Å²) in [5.41, 5.74) is 0.713. The molecule has 28 heavy (non-hydrogen) atoms. The summed E-state index contributed by atoms with van der Waals surface area (Å²) in [5, 5.41) is 0. The maximum absolute atomic E-state index is 13.3. The third-order valence-electron chi connectivity index (χ3n) is 4.73. The minimum atomic E-state index is -4.07. The van der Waals surface area contributed by atoms with Gasteiger partial charge < -0.3 is 4.90 Å². The zero-order valence-electron chi connectivity index (χ0n) is 15.3. The summed E-state index contributed by atoms with van der Waals surface area (Å²) < 4.78 is 53.3. The summed E-state index contributed by atoms with van der Waals surface area (Å²) in [5.74, 6) is -2.43. The molecule has 1 fully saturated rings. The number of hydrogen-bond donors (Lipinski definition) is 1. The number of anilines is 1. The molecular formula is C20H22F2N2O3S. The Kier molecular flexibility index (Phi) is 6.28. The lowest BCUT2D eigenvalue weighted by Gasteiger charge is -2.25. The van der Waals surface area contributed by atoms with Gasteiger partial charge in [0.2, 0.25) is 0 Å². The van der Waals surface area contributed by atoms with Gasteiger partial charge in [0.25, 0.3) is 15.9 Å². The zero-order valence-corrected chi connectivity index (χ0v) is 16.1. The molecule has 1 heterocycles. The van der Waals surface area contributed by atoms with Crippen LogP contribution in [0.25, 0.3) is 0 Å². The maximum Gasteiger partial charge on any atom is 0.261 e. The second kappa shape index (κ2) is 8.68. The van der Waals surface area contributed by atoms with E-state index in [9.17, 15) is 22.0 Å². The Bertz CT molecular complexity index is 938. The SMILES string of the molecule is O=C(c1ccc(NS(=O)(=O)c2ccc(F)c(F)c2)cc1)N1CCCCCCC1. The van der Waals surface area contributed by atoms with Gasteiger partial charge in [0, 0.05) is 24.3 Å². The summed E-state index contributed by atoms with van der Waals surface area (Å²) >= 11 is 0. The topological polar surface area (TPSA) is 66.5 Å². The summed E-state index contributed by atoms with van der Waals surface area (Å²) in [6.45, 7) is 1.45. The number of hydrogen-bond acceptors (Lipinski definition) is 3. The lowest BCUT2D eigenvalue weighted by atomic mass is 10.1. The van der Waals surface area contributed by atoms with E-state index in [1.807, 2.05) is 4.90 Å². The standard InChI is InChI=1S/C20H22F2N2O3S/c21-18-11-10-17(14-19(18)22)28(26,27)23-16-8-6-15(7-9-16)20(25)24-12-4-2-1-3-5-13-24/h6-11,14,23H,1-5,12-13H2. The van der Waals surface area contributed by atoms with Crippen LogP contribution in [0.3, 0.4) is 0 Å². The van der Waals surface area contributed by atoms with Gasteiger partial charge in [-0.05, 0) is 55.3 Å². The summed E-state index contributed by atoms with van der Waals surface area (Å²) in [7, 11) is -4.07. The number of carbonyl (C=O) groups is 1. The number of carbonyl (C=O) groups excluding carboxylic acids is 1. The highest BCUT2D eigenvalue weighted by Gasteiger charge is 2.19. The number of nitrogens with zero attached hydrogens (tertiary/aromatic N) is 1. The number of sulfonamides is 1. The van der Waals surface area contributed by atoms with E-state index >= 15 is 0 Å². The van der Waals surface area contributed by atoms with Gasteiger partial charge in [-0.1, -0.05) is 19.3 Å². The van der Waals surface area contributed by atoms with E-state index in [1.54, 1.807) is 12.1 Å². The van der Waals surface area contributed by atoms with E-state index in [2.05, 4.69) is 4.72 Å². The highest BCUT2D eigenvalue weighted by atomic mass is 32.2. The fraction of sp³-hybridized carbons (Fsp3) is 0.350. The summed E-state index contributed by atoms with van der Waals surface area (Å²) in [6.07, 6.45) is 5.41. The number of nitrogens with one attached hydrogen (secondary N) is 1. The molecule has 2 aromatic carbocycles. The first-order valence-electron chi connectivity index (χ1n) is 9.24. The van der Waals surface area contributed by atoms with Crippen molar-refractivity contribution in [2.45, 2.75) is 37.0 Å². The van der Waals surface area contributed by atoms with Crippen molar-refractivity contribution in [2.24, 2.45) is 0 Å². The highest BCUT2D eigenvalue weighted by Crippen LogP contribution is 2.20. The smallest absolute Gasteiger partial charge is 0.261 e. The van der Waals surface area contributed by atoms with Crippen molar-refractivity contribution in [3.63, 3.8) is 0 Å². The van der Waals surface area contributed by atoms with Crippen molar-refractivity contribution in [3.05, 3.63) is 59.7 Å².